The predicted octanol–water partition coefficient (Wildman–Crippen LogP) is 15.3. The number of hydrogen-bond acceptors (Lipinski definition) is 5. The van der Waals surface area contributed by atoms with Gasteiger partial charge >= 0.3 is 0 Å². The number of fused-ring (bicyclic) bond motifs is 17. The van der Waals surface area contributed by atoms with E-state index < -0.39 is 5.41 Å². The summed E-state index contributed by atoms with van der Waals surface area (Å²) in [5, 5.41) is 4.38. The molecule has 8 heteroatoms. The van der Waals surface area contributed by atoms with Gasteiger partial charge in [-0.25, -0.2) is 4.85 Å². The number of ether oxygens (including phenoxy) is 2. The lowest BCUT2D eigenvalue weighted by Crippen LogP contribution is -2.33. The molecule has 0 fully saturated rings. The van der Waals surface area contributed by atoms with Crippen LogP contribution in [0, 0.1) is 6.57 Å². The fourth-order valence-electron chi connectivity index (χ4n) is 11.6. The second-order valence-electron chi connectivity index (χ2n) is 17.6. The van der Waals surface area contributed by atoms with Crippen LogP contribution in [0.4, 0.5) is 22.7 Å². The van der Waals surface area contributed by atoms with Crippen LogP contribution in [0.25, 0.3) is 71.2 Å². The number of aromatic nitrogens is 4. The van der Waals surface area contributed by atoms with Crippen molar-refractivity contribution in [1.82, 2.24) is 19.1 Å². The highest BCUT2D eigenvalue weighted by Gasteiger charge is 2.54. The van der Waals surface area contributed by atoms with Crippen molar-refractivity contribution >= 4 is 66.4 Å². The quantitative estimate of drug-likeness (QED) is 0.166. The smallest absolute Gasteiger partial charge is 0.188 e. The number of hydrogen-bond donors (Lipinski definition) is 0. The number of pyridine rings is 2. The maximum atomic E-state index is 7.85. The van der Waals surface area contributed by atoms with Crippen molar-refractivity contribution < 1.29 is 9.47 Å². The highest BCUT2D eigenvalue weighted by Crippen LogP contribution is 2.63. The summed E-state index contributed by atoms with van der Waals surface area (Å²) >= 11 is 0. The van der Waals surface area contributed by atoms with Crippen LogP contribution in [0.3, 0.4) is 0 Å². The number of rotatable bonds is 3. The minimum atomic E-state index is -0.861. The average Bonchev–Trinajstić information content (AvgIpc) is 4.01. The number of nitrogens with zero attached hydrogens (tertiary/aromatic N) is 6. The highest BCUT2D eigenvalue weighted by atomic mass is 16.5. The molecular formula is C60H34N6O2. The van der Waals surface area contributed by atoms with Crippen LogP contribution in [0.1, 0.15) is 22.3 Å². The molecule has 0 N–H and O–H groups in total. The predicted molar refractivity (Wildman–Crippen MR) is 269 cm³/mol. The van der Waals surface area contributed by atoms with Gasteiger partial charge in [0.1, 0.15) is 11.5 Å². The Balaban J connectivity index is 0.972. The third-order valence-corrected chi connectivity index (χ3v) is 14.2. The van der Waals surface area contributed by atoms with Crippen molar-refractivity contribution in [1.29, 1.82) is 0 Å². The molecule has 0 radical (unpaired) electrons. The summed E-state index contributed by atoms with van der Waals surface area (Å²) in [5.41, 5.74) is 14.8. The molecule has 68 heavy (non-hydrogen) atoms. The van der Waals surface area contributed by atoms with E-state index in [1.165, 1.54) is 0 Å². The molecule has 15 rings (SSSR count). The van der Waals surface area contributed by atoms with E-state index in [1.807, 2.05) is 60.9 Å². The summed E-state index contributed by atoms with van der Waals surface area (Å²) < 4.78 is 18.4. The Labute approximate surface area is 389 Å². The van der Waals surface area contributed by atoms with Gasteiger partial charge in [0.25, 0.3) is 0 Å². The molecule has 0 bridgehead atoms. The zero-order chi connectivity index (χ0) is 44.7. The van der Waals surface area contributed by atoms with Crippen LogP contribution < -0.4 is 14.4 Å². The second kappa shape index (κ2) is 13.5. The molecule has 12 aromatic rings. The van der Waals surface area contributed by atoms with Gasteiger partial charge in [-0.15, -0.1) is 0 Å². The zero-order valence-electron chi connectivity index (χ0n) is 36.1. The lowest BCUT2D eigenvalue weighted by atomic mass is 9.65. The molecule has 3 aliphatic rings. The lowest BCUT2D eigenvalue weighted by Gasteiger charge is -2.40. The standard InChI is InChI=1S/C60H34N6O2/c1-61-36-25-29-49-41(33-36)39-13-3-5-18-47(39)66(49)52-21-10-24-55-57(52)60(44-15-11-31-62-58(44)59-45(60)16-12-32-63-59)43-28-26-38(35-56(43)68-55)64-46-17-4-2-14-40(46)42-34-37(27-30-48(42)64)65-50-19-6-8-22-53(50)67-54-23-9-7-20-51(54)65/h2-35H. The second-order valence-corrected chi connectivity index (χ2v) is 17.6. The van der Waals surface area contributed by atoms with Crippen molar-refractivity contribution in [3.63, 3.8) is 0 Å². The Kier molecular flexibility index (Phi) is 7.34. The molecule has 8 aromatic carbocycles. The normalized spacial score (nSPS) is 13.6. The lowest BCUT2D eigenvalue weighted by molar-refractivity contribution is 0.435. The van der Waals surface area contributed by atoms with Crippen molar-refractivity contribution in [3.8, 4) is 45.8 Å². The van der Waals surface area contributed by atoms with Gasteiger partial charge in [0.05, 0.1) is 62.5 Å². The summed E-state index contributed by atoms with van der Waals surface area (Å²) in [6.07, 6.45) is 3.72. The van der Waals surface area contributed by atoms with Crippen LogP contribution in [-0.4, -0.2) is 19.1 Å². The van der Waals surface area contributed by atoms with E-state index >= 15 is 0 Å². The molecule has 0 saturated carbocycles. The Morgan fingerprint density at radius 3 is 1.69 bits per heavy atom. The molecule has 0 atom stereocenters. The molecule has 0 unspecified atom stereocenters. The summed E-state index contributed by atoms with van der Waals surface area (Å²) in [6.45, 7) is 7.85. The van der Waals surface area contributed by atoms with Crippen LogP contribution in [0.5, 0.6) is 23.0 Å². The Hall–Kier alpha value is -9.45. The summed E-state index contributed by atoms with van der Waals surface area (Å²) in [5.74, 6) is 3.14. The molecule has 0 saturated heterocycles. The van der Waals surface area contributed by atoms with E-state index in [0.29, 0.717) is 5.69 Å². The third kappa shape index (κ3) is 4.76. The van der Waals surface area contributed by atoms with Gasteiger partial charge in [0, 0.05) is 57.1 Å². The van der Waals surface area contributed by atoms with Crippen molar-refractivity contribution in [2.75, 3.05) is 4.90 Å². The SMILES string of the molecule is [C-]#[N+]c1ccc2c(c1)c1ccccc1n2-c1cccc2c1C1(c3ccc(-n4c5ccccc5c5cc(N6c7ccccc7Oc7ccccc76)ccc54)cc3O2)c2cccnc2-c2ncccc21. The fourth-order valence-corrected chi connectivity index (χ4v) is 11.6. The van der Waals surface area contributed by atoms with E-state index in [2.05, 4.69) is 164 Å². The first-order valence-corrected chi connectivity index (χ1v) is 22.7. The third-order valence-electron chi connectivity index (χ3n) is 14.2. The monoisotopic (exact) mass is 870 g/mol. The van der Waals surface area contributed by atoms with Gasteiger partial charge in [-0.05, 0) is 114 Å². The number of anilines is 3. The fraction of sp³-hybridized carbons (Fsp3) is 0.0167. The first kappa shape index (κ1) is 36.8. The van der Waals surface area contributed by atoms with Gasteiger partial charge in [-0.2, -0.15) is 0 Å². The summed E-state index contributed by atoms with van der Waals surface area (Å²) in [4.78, 5) is 16.2. The largest absolute Gasteiger partial charge is 0.457 e. The van der Waals surface area contributed by atoms with Crippen LogP contribution in [0.2, 0.25) is 0 Å². The van der Waals surface area contributed by atoms with Gasteiger partial charge in [0.15, 0.2) is 17.2 Å². The van der Waals surface area contributed by atoms with Crippen molar-refractivity contribution in [3.05, 3.63) is 240 Å². The maximum Gasteiger partial charge on any atom is 0.188 e. The van der Waals surface area contributed by atoms with Gasteiger partial charge in [-0.1, -0.05) is 91.0 Å². The van der Waals surface area contributed by atoms with E-state index in [9.17, 15) is 0 Å². The summed E-state index contributed by atoms with van der Waals surface area (Å²) in [6, 6.07) is 67.8. The number of benzene rings is 8. The van der Waals surface area contributed by atoms with Crippen LogP contribution >= 0.6 is 0 Å². The first-order chi connectivity index (χ1) is 33.7. The van der Waals surface area contributed by atoms with Crippen LogP contribution in [-0.2, 0) is 5.41 Å². The minimum Gasteiger partial charge on any atom is -0.457 e. The molecule has 316 valence electrons. The van der Waals surface area contributed by atoms with Crippen molar-refractivity contribution in [2.45, 2.75) is 5.41 Å². The molecule has 1 spiro atoms. The molecule has 2 aliphatic heterocycles. The Bertz CT molecular complexity index is 4120. The molecule has 0 amide bonds. The zero-order valence-corrected chi connectivity index (χ0v) is 36.1. The van der Waals surface area contributed by atoms with Gasteiger partial charge in [-0.3, -0.25) is 9.97 Å². The molecule has 8 nitrogen and oxygen atoms in total. The van der Waals surface area contributed by atoms with E-state index in [1.54, 1.807) is 0 Å². The molecule has 4 aromatic heterocycles. The molecule has 6 heterocycles. The Morgan fingerprint density at radius 1 is 0.412 bits per heavy atom. The highest BCUT2D eigenvalue weighted by molar-refractivity contribution is 6.12. The van der Waals surface area contributed by atoms with Crippen LogP contribution in [0.15, 0.2) is 207 Å². The van der Waals surface area contributed by atoms with Gasteiger partial charge in [0.2, 0.25) is 0 Å². The van der Waals surface area contributed by atoms with E-state index in [-0.39, 0.29) is 0 Å². The summed E-state index contributed by atoms with van der Waals surface area (Å²) in [7, 11) is 0. The topological polar surface area (TPSA) is 61.7 Å². The Morgan fingerprint density at radius 2 is 0.971 bits per heavy atom. The molecule has 1 aliphatic carbocycles. The maximum absolute atomic E-state index is 7.85. The minimum absolute atomic E-state index is 0.605. The molecular weight excluding hydrogens is 837 g/mol. The van der Waals surface area contributed by atoms with E-state index in [4.69, 9.17) is 26.0 Å². The first-order valence-electron chi connectivity index (χ1n) is 22.7. The van der Waals surface area contributed by atoms with E-state index in [0.717, 1.165) is 129 Å². The van der Waals surface area contributed by atoms with Gasteiger partial charge < -0.3 is 23.5 Å². The van der Waals surface area contributed by atoms with Crippen molar-refractivity contribution in [2.24, 2.45) is 0 Å². The number of para-hydroxylation sites is 6. The average molecular weight is 871 g/mol.